The van der Waals surface area contributed by atoms with Gasteiger partial charge in [0.2, 0.25) is 0 Å². The summed E-state index contributed by atoms with van der Waals surface area (Å²) in [6.45, 7) is 3.73. The molecule has 5 heteroatoms. The van der Waals surface area contributed by atoms with Gasteiger partial charge in [0.05, 0.1) is 0 Å². The van der Waals surface area contributed by atoms with Crippen LogP contribution >= 0.6 is 0 Å². The Morgan fingerprint density at radius 2 is 1.40 bits per heavy atom. The van der Waals surface area contributed by atoms with E-state index in [4.69, 9.17) is 5.73 Å². The molecule has 0 spiro atoms. The maximum absolute atomic E-state index is 11.3. The Bertz CT molecular complexity index is 258. The van der Waals surface area contributed by atoms with Gasteiger partial charge in [0.25, 0.3) is 0 Å². The summed E-state index contributed by atoms with van der Waals surface area (Å²) in [6.07, 6.45) is 11.1. The van der Waals surface area contributed by atoms with Crippen LogP contribution < -0.4 is 5.73 Å². The Balaban J connectivity index is 0. The average molecular weight is 310 g/mol. The zero-order valence-electron chi connectivity index (χ0n) is 13.5. The quantitative estimate of drug-likeness (QED) is 0.276. The molecule has 0 heterocycles. The molecule has 0 bridgehead atoms. The van der Waals surface area contributed by atoms with E-state index in [9.17, 15) is 9.59 Å². The number of esters is 2. The van der Waals surface area contributed by atoms with Gasteiger partial charge in [0.1, 0.15) is 6.04 Å². The molecule has 0 unspecified atom stereocenters. The van der Waals surface area contributed by atoms with Crippen LogP contribution in [-0.4, -0.2) is 69.4 Å². The van der Waals surface area contributed by atoms with E-state index in [0.29, 0.717) is 6.42 Å². The number of unbranched alkanes of at least 4 members (excludes halogenated alkanes) is 8. The van der Waals surface area contributed by atoms with Crippen LogP contribution in [0.15, 0.2) is 0 Å². The average Bonchev–Trinajstić information content (AvgIpc) is 2.36. The Kier molecular flexibility index (Phi) is 18.5. The second kappa shape index (κ2) is 16.1. The van der Waals surface area contributed by atoms with Crippen LogP contribution in [0.5, 0.6) is 0 Å². The van der Waals surface area contributed by atoms with E-state index in [-0.39, 0.29) is 51.4 Å². The summed E-state index contributed by atoms with van der Waals surface area (Å²) < 4.78 is 4.58. The summed E-state index contributed by atoms with van der Waals surface area (Å²) in [7, 11) is 0. The Morgan fingerprint density at radius 1 is 0.950 bits per heavy atom. The molecular formula is C15H29KNO3. The Hall–Kier alpha value is 0.736. The zero-order chi connectivity index (χ0) is 14.5. The summed E-state index contributed by atoms with van der Waals surface area (Å²) in [4.78, 5) is 22.3. The first-order valence-corrected chi connectivity index (χ1v) is 7.58. The van der Waals surface area contributed by atoms with Crippen molar-refractivity contribution in [1.29, 1.82) is 0 Å². The third-order valence-corrected chi connectivity index (χ3v) is 3.07. The third-order valence-electron chi connectivity index (χ3n) is 3.07. The number of hydrogen-bond donors (Lipinski definition) is 1. The molecule has 1 atom stereocenters. The molecule has 0 saturated carbocycles. The number of nitrogens with two attached hydrogens (primary N) is 1. The van der Waals surface area contributed by atoms with Crippen LogP contribution in [0.25, 0.3) is 0 Å². The van der Waals surface area contributed by atoms with Crippen molar-refractivity contribution in [3.63, 3.8) is 0 Å². The van der Waals surface area contributed by atoms with Gasteiger partial charge < -0.3 is 10.5 Å². The molecule has 0 aromatic rings. The second-order valence-corrected chi connectivity index (χ2v) is 5.16. The van der Waals surface area contributed by atoms with E-state index in [0.717, 1.165) is 19.3 Å². The molecule has 0 saturated heterocycles. The van der Waals surface area contributed by atoms with E-state index in [1.807, 2.05) is 0 Å². The van der Waals surface area contributed by atoms with Crippen molar-refractivity contribution in [2.24, 2.45) is 5.73 Å². The number of carbonyl (C=O) groups excluding carboxylic acids is 2. The molecule has 0 amide bonds. The van der Waals surface area contributed by atoms with Crippen molar-refractivity contribution in [3.05, 3.63) is 0 Å². The molecule has 0 aromatic carbocycles. The molecule has 0 aliphatic rings. The first-order valence-electron chi connectivity index (χ1n) is 7.58. The van der Waals surface area contributed by atoms with E-state index < -0.39 is 18.0 Å². The largest absolute Gasteiger partial charge is 0.392 e. The Morgan fingerprint density at radius 3 is 1.85 bits per heavy atom. The van der Waals surface area contributed by atoms with Crippen LogP contribution in [0.4, 0.5) is 0 Å². The number of hydrogen-bond acceptors (Lipinski definition) is 4. The number of rotatable bonds is 11. The van der Waals surface area contributed by atoms with Gasteiger partial charge in [0, 0.05) is 57.8 Å². The number of ether oxygens (including phenoxy) is 1. The number of carbonyl (C=O) groups is 2. The van der Waals surface area contributed by atoms with Crippen molar-refractivity contribution < 1.29 is 14.3 Å². The van der Waals surface area contributed by atoms with Crippen LogP contribution in [0.2, 0.25) is 0 Å². The SMILES string of the molecule is CCCCCCCCCCCC(=O)OC(=O)[C@H](C)N.[K]. The van der Waals surface area contributed by atoms with Crippen molar-refractivity contribution in [1.82, 2.24) is 0 Å². The monoisotopic (exact) mass is 310 g/mol. The first-order chi connectivity index (χ1) is 9.07. The van der Waals surface area contributed by atoms with Gasteiger partial charge >= 0.3 is 11.9 Å². The van der Waals surface area contributed by atoms with Gasteiger partial charge in [0.15, 0.2) is 0 Å². The molecule has 4 nitrogen and oxygen atoms in total. The first kappa shape index (κ1) is 23.0. The summed E-state index contributed by atoms with van der Waals surface area (Å²) in [6, 6.07) is -0.730. The third kappa shape index (κ3) is 15.1. The molecule has 0 fully saturated rings. The molecule has 1 radical (unpaired) electrons. The van der Waals surface area contributed by atoms with Gasteiger partial charge in [-0.25, -0.2) is 4.79 Å². The topological polar surface area (TPSA) is 69.4 Å². The summed E-state index contributed by atoms with van der Waals surface area (Å²) in [5, 5.41) is 0. The minimum absolute atomic E-state index is 0. The van der Waals surface area contributed by atoms with Crippen molar-refractivity contribution in [2.75, 3.05) is 0 Å². The smallest absolute Gasteiger partial charge is 0.330 e. The van der Waals surface area contributed by atoms with Crippen molar-refractivity contribution in [3.8, 4) is 0 Å². The summed E-state index contributed by atoms with van der Waals surface area (Å²) >= 11 is 0. The predicted molar refractivity (Wildman–Crippen MR) is 82.3 cm³/mol. The van der Waals surface area contributed by atoms with Crippen LogP contribution in [-0.2, 0) is 14.3 Å². The maximum atomic E-state index is 11.3. The molecular weight excluding hydrogens is 281 g/mol. The minimum Gasteiger partial charge on any atom is -0.392 e. The van der Waals surface area contributed by atoms with Gasteiger partial charge in [-0.15, -0.1) is 0 Å². The van der Waals surface area contributed by atoms with Crippen LogP contribution in [0.3, 0.4) is 0 Å². The van der Waals surface area contributed by atoms with Crippen molar-refractivity contribution >= 4 is 63.3 Å². The molecule has 0 aliphatic carbocycles. The van der Waals surface area contributed by atoms with E-state index in [1.165, 1.54) is 45.4 Å². The fraction of sp³-hybridized carbons (Fsp3) is 0.867. The molecule has 113 valence electrons. The Labute approximate surface area is 166 Å². The van der Waals surface area contributed by atoms with Crippen LogP contribution in [0, 0.1) is 0 Å². The molecule has 20 heavy (non-hydrogen) atoms. The predicted octanol–water partition coefficient (Wildman–Crippen LogP) is 2.94. The molecule has 0 rings (SSSR count). The molecule has 0 aromatic heterocycles. The second-order valence-electron chi connectivity index (χ2n) is 5.16. The summed E-state index contributed by atoms with van der Waals surface area (Å²) in [5.41, 5.74) is 5.30. The molecule has 2 N–H and O–H groups in total. The zero-order valence-corrected chi connectivity index (χ0v) is 16.6. The van der Waals surface area contributed by atoms with Crippen molar-refractivity contribution in [2.45, 2.75) is 84.1 Å². The fourth-order valence-electron chi connectivity index (χ4n) is 1.84. The van der Waals surface area contributed by atoms with Crippen LogP contribution in [0.1, 0.15) is 78.1 Å². The standard InChI is InChI=1S/C15H29NO3.K/c1-3-4-5-6-7-8-9-10-11-12-14(17)19-15(18)13(2)16;/h13H,3-12,16H2,1-2H3;/t13-;/m0./s1. The van der Waals surface area contributed by atoms with Gasteiger partial charge in [-0.05, 0) is 13.3 Å². The summed E-state index contributed by atoms with van der Waals surface area (Å²) in [5.74, 6) is -1.09. The minimum atomic E-state index is -0.730. The van der Waals surface area contributed by atoms with E-state index >= 15 is 0 Å². The van der Waals surface area contributed by atoms with E-state index in [1.54, 1.807) is 0 Å². The normalized spacial score (nSPS) is 11.6. The van der Waals surface area contributed by atoms with Gasteiger partial charge in [-0.1, -0.05) is 58.3 Å². The molecule has 0 aliphatic heterocycles. The van der Waals surface area contributed by atoms with Gasteiger partial charge in [-0.3, -0.25) is 4.79 Å². The fourth-order valence-corrected chi connectivity index (χ4v) is 1.84. The van der Waals surface area contributed by atoms with E-state index in [2.05, 4.69) is 11.7 Å². The maximum Gasteiger partial charge on any atom is 0.330 e. The van der Waals surface area contributed by atoms with Gasteiger partial charge in [-0.2, -0.15) is 0 Å².